The van der Waals surface area contributed by atoms with Gasteiger partial charge in [-0.3, -0.25) is 19.4 Å². The average molecular weight is 984 g/mol. The number of benzene rings is 6. The van der Waals surface area contributed by atoms with Crippen molar-refractivity contribution in [2.24, 2.45) is 0 Å². The number of hydrogen-bond acceptors (Lipinski definition) is 12. The lowest BCUT2D eigenvalue weighted by Crippen LogP contribution is -2.33. The number of phenolic OH excluding ortho intramolecular Hbond substituents is 4. The molecule has 0 amide bonds. The van der Waals surface area contributed by atoms with Gasteiger partial charge in [0.15, 0.2) is 11.6 Å². The fourth-order valence-corrected chi connectivity index (χ4v) is 11.4. The van der Waals surface area contributed by atoms with Crippen molar-refractivity contribution in [2.75, 3.05) is 52.5 Å². The monoisotopic (exact) mass is 982 g/mol. The summed E-state index contributed by atoms with van der Waals surface area (Å²) in [6, 6.07) is 38.4. The molecule has 4 heterocycles. The fraction of sp³-hybridized carbons (Fsp3) is 0.250. The van der Waals surface area contributed by atoms with E-state index in [0.29, 0.717) is 35.5 Å². The molecule has 2 aromatic heterocycles. The maximum atomic E-state index is 13.6. The molecule has 2 aliphatic rings. The number of thiophene rings is 2. The smallest absolute Gasteiger partial charge is 0.195 e. The third-order valence-electron chi connectivity index (χ3n) is 12.5. The van der Waals surface area contributed by atoms with Crippen molar-refractivity contribution in [3.63, 3.8) is 0 Å². The molecule has 0 spiro atoms. The summed E-state index contributed by atoms with van der Waals surface area (Å²) in [5, 5.41) is 40.9. The van der Waals surface area contributed by atoms with Crippen LogP contribution in [0.4, 0.5) is 0 Å². The van der Waals surface area contributed by atoms with Gasteiger partial charge in [0, 0.05) is 65.3 Å². The summed E-state index contributed by atoms with van der Waals surface area (Å²) in [6.45, 7) is 7.70. The van der Waals surface area contributed by atoms with Crippen LogP contribution in [-0.4, -0.2) is 94.3 Å². The number of ketones is 2. The number of likely N-dealkylation sites (tertiary alicyclic amines) is 2. The molecule has 0 bridgehead atoms. The molecular weight excluding hydrogens is 928 g/mol. The maximum Gasteiger partial charge on any atom is 0.195 e. The van der Waals surface area contributed by atoms with E-state index in [-0.39, 0.29) is 47.0 Å². The number of piperidine rings is 2. The number of fused-ring (bicyclic) bond motifs is 2. The third kappa shape index (κ3) is 11.9. The molecule has 10 nitrogen and oxygen atoms in total. The summed E-state index contributed by atoms with van der Waals surface area (Å²) in [5.41, 5.74) is 4.06. The second kappa shape index (κ2) is 22.8. The fourth-order valence-electron chi connectivity index (χ4n) is 8.90. The van der Waals surface area contributed by atoms with E-state index in [4.69, 9.17) is 9.47 Å². The normalized spacial score (nSPS) is 14.1. The van der Waals surface area contributed by atoms with E-state index in [1.54, 1.807) is 84.9 Å². The molecule has 0 saturated carbocycles. The number of phenols is 4. The first-order chi connectivity index (χ1) is 33.2. The van der Waals surface area contributed by atoms with E-state index < -0.39 is 0 Å². The summed E-state index contributed by atoms with van der Waals surface area (Å²) in [5.74, 6) is 2.02. The van der Waals surface area contributed by atoms with Crippen molar-refractivity contribution in [1.29, 1.82) is 0 Å². The highest BCUT2D eigenvalue weighted by atomic mass is 35.5. The zero-order chi connectivity index (χ0) is 47.0. The minimum atomic E-state index is -0.0834. The molecule has 0 aliphatic carbocycles. The Morgan fingerprint density at radius 2 is 0.797 bits per heavy atom. The van der Waals surface area contributed by atoms with Crippen molar-refractivity contribution in [3.05, 3.63) is 156 Å². The zero-order valence-electron chi connectivity index (χ0n) is 38.1. The molecule has 10 rings (SSSR count). The van der Waals surface area contributed by atoms with Crippen LogP contribution in [0, 0.1) is 0 Å². The molecule has 0 unspecified atom stereocenters. The van der Waals surface area contributed by atoms with E-state index in [0.717, 1.165) is 91.8 Å². The van der Waals surface area contributed by atoms with Gasteiger partial charge in [0.1, 0.15) is 47.7 Å². The van der Waals surface area contributed by atoms with Gasteiger partial charge in [-0.1, -0.05) is 12.8 Å². The predicted molar refractivity (Wildman–Crippen MR) is 280 cm³/mol. The third-order valence-corrected chi connectivity index (χ3v) is 14.9. The molecule has 4 N–H and O–H groups in total. The van der Waals surface area contributed by atoms with E-state index in [2.05, 4.69) is 9.80 Å². The van der Waals surface area contributed by atoms with Gasteiger partial charge >= 0.3 is 0 Å². The highest BCUT2D eigenvalue weighted by Crippen LogP contribution is 2.43. The van der Waals surface area contributed by atoms with Crippen LogP contribution >= 0.6 is 35.1 Å². The molecule has 13 heteroatoms. The quantitative estimate of drug-likeness (QED) is 0.0779. The van der Waals surface area contributed by atoms with Crippen molar-refractivity contribution in [3.8, 4) is 55.4 Å². The summed E-state index contributed by atoms with van der Waals surface area (Å²) in [6.07, 6.45) is 7.70. The number of ether oxygens (including phenoxy) is 2. The second-order valence-electron chi connectivity index (χ2n) is 17.3. The van der Waals surface area contributed by atoms with Crippen molar-refractivity contribution >= 4 is 66.8 Å². The number of rotatable bonds is 14. The highest BCUT2D eigenvalue weighted by Gasteiger charge is 2.24. The summed E-state index contributed by atoms with van der Waals surface area (Å²) >= 11 is 2.91. The van der Waals surface area contributed by atoms with Crippen LogP contribution in [0.2, 0.25) is 0 Å². The first-order valence-corrected chi connectivity index (χ1v) is 24.9. The Morgan fingerprint density at radius 1 is 0.449 bits per heavy atom. The molecule has 2 fully saturated rings. The molecule has 2 aliphatic heterocycles. The van der Waals surface area contributed by atoms with E-state index >= 15 is 0 Å². The number of aromatic hydroxyl groups is 4. The summed E-state index contributed by atoms with van der Waals surface area (Å²) in [7, 11) is 0. The summed E-state index contributed by atoms with van der Waals surface area (Å²) < 4.78 is 13.5. The predicted octanol–water partition coefficient (Wildman–Crippen LogP) is 12.6. The lowest BCUT2D eigenvalue weighted by Gasteiger charge is -2.26. The van der Waals surface area contributed by atoms with Gasteiger partial charge < -0.3 is 29.9 Å². The largest absolute Gasteiger partial charge is 0.508 e. The van der Waals surface area contributed by atoms with Crippen LogP contribution in [0.25, 0.3) is 41.1 Å². The van der Waals surface area contributed by atoms with Gasteiger partial charge in [-0.25, -0.2) is 0 Å². The Hall–Kier alpha value is -6.41. The number of carbonyl (C=O) groups excluding carboxylic acids is 2. The van der Waals surface area contributed by atoms with Crippen LogP contribution < -0.4 is 9.47 Å². The molecule has 0 atom stereocenters. The van der Waals surface area contributed by atoms with Gasteiger partial charge in [0.2, 0.25) is 0 Å². The molecule has 0 radical (unpaired) electrons. The Bertz CT molecular complexity index is 2790. The molecule has 356 valence electrons. The van der Waals surface area contributed by atoms with Crippen LogP contribution in [0.15, 0.2) is 133 Å². The molecule has 2 saturated heterocycles. The first kappa shape index (κ1) is 49.0. The van der Waals surface area contributed by atoms with Gasteiger partial charge in [0.05, 0.1) is 0 Å². The van der Waals surface area contributed by atoms with Crippen LogP contribution in [-0.2, 0) is 0 Å². The van der Waals surface area contributed by atoms with Crippen LogP contribution in [0.5, 0.6) is 34.5 Å². The average Bonchev–Trinajstić information content (AvgIpc) is 3.93. The van der Waals surface area contributed by atoms with Gasteiger partial charge in [-0.2, -0.15) is 0 Å². The van der Waals surface area contributed by atoms with Crippen molar-refractivity contribution < 1.29 is 39.5 Å². The Kier molecular flexibility index (Phi) is 16.2. The lowest BCUT2D eigenvalue weighted by atomic mass is 9.97. The van der Waals surface area contributed by atoms with Gasteiger partial charge in [-0.15, -0.1) is 35.1 Å². The lowest BCUT2D eigenvalue weighted by molar-refractivity contribution is 0.103. The Balaban J connectivity index is 0.000000183. The van der Waals surface area contributed by atoms with E-state index in [1.165, 1.54) is 61.2 Å². The first-order valence-electron chi connectivity index (χ1n) is 23.3. The molecule has 8 aromatic rings. The standard InChI is InChI=1S/2C28H27NO4S.ClH/c2*30-21-8-4-20(5-9-21)28-26(24-13-10-22(31)18-25(24)34-28)27(32)19-6-11-23(12-7-19)33-17-16-29-14-2-1-3-15-29;/h2*4-13,18,30-31H,1-3,14-17H2;1H. The van der Waals surface area contributed by atoms with Gasteiger partial charge in [0.25, 0.3) is 0 Å². The highest BCUT2D eigenvalue weighted by molar-refractivity contribution is 7.23. The van der Waals surface area contributed by atoms with Crippen LogP contribution in [0.1, 0.15) is 70.4 Å². The second-order valence-corrected chi connectivity index (χ2v) is 19.4. The van der Waals surface area contributed by atoms with E-state index in [1.807, 2.05) is 48.5 Å². The topological polar surface area (TPSA) is 140 Å². The van der Waals surface area contributed by atoms with Crippen molar-refractivity contribution in [2.45, 2.75) is 38.5 Å². The number of nitrogens with zero attached hydrogens (tertiary/aromatic N) is 2. The molecule has 6 aromatic carbocycles. The number of hydrogen-bond donors (Lipinski definition) is 4. The SMILES string of the molecule is Cl.O=C(c1ccc(OCCN2CCCCC2)cc1)c1c(-c2ccc(O)cc2)sc2cc(O)ccc12.O=C(c1ccc(OCCN2CCCCC2)cc1)c1c(-c2ccc(O)cc2)sc2cc(O)ccc12. The minimum absolute atomic E-state index is 0. The molecule has 69 heavy (non-hydrogen) atoms. The van der Waals surface area contributed by atoms with Crippen LogP contribution in [0.3, 0.4) is 0 Å². The Labute approximate surface area is 416 Å². The maximum absolute atomic E-state index is 13.6. The summed E-state index contributed by atoms with van der Waals surface area (Å²) in [4.78, 5) is 33.8. The van der Waals surface area contributed by atoms with Gasteiger partial charge in [-0.05, 0) is 196 Å². The number of halogens is 1. The van der Waals surface area contributed by atoms with E-state index in [9.17, 15) is 30.0 Å². The number of carbonyl (C=O) groups is 2. The minimum Gasteiger partial charge on any atom is -0.508 e. The van der Waals surface area contributed by atoms with Crippen molar-refractivity contribution in [1.82, 2.24) is 9.80 Å². The molecular formula is C56H55ClN2O8S2. The Morgan fingerprint density at radius 3 is 1.16 bits per heavy atom. The zero-order valence-corrected chi connectivity index (χ0v) is 40.6.